The maximum Gasteiger partial charge on any atom is 0.526 e. The van der Waals surface area contributed by atoms with Crippen LogP contribution in [0.4, 0.5) is 0 Å². The van der Waals surface area contributed by atoms with Gasteiger partial charge in [0.15, 0.2) is 0 Å². The standard InChI is InChI=1S/C3H4NO4PS/c5-9(6,7)8-3-4-1-2-10-3/h1-2H,(H2,5,6,7). The van der Waals surface area contributed by atoms with Crippen LogP contribution in [-0.2, 0) is 4.57 Å². The van der Waals surface area contributed by atoms with E-state index < -0.39 is 7.82 Å². The Morgan fingerprint density at radius 1 is 1.70 bits per heavy atom. The van der Waals surface area contributed by atoms with Gasteiger partial charge in [0.05, 0.1) is 0 Å². The normalized spacial score (nSPS) is 11.4. The summed E-state index contributed by atoms with van der Waals surface area (Å²) in [7, 11) is -4.41. The Balaban J connectivity index is 2.66. The van der Waals surface area contributed by atoms with Gasteiger partial charge < -0.3 is 4.52 Å². The van der Waals surface area contributed by atoms with Crippen molar-refractivity contribution < 1.29 is 18.9 Å². The second-order valence-corrected chi connectivity index (χ2v) is 3.40. The van der Waals surface area contributed by atoms with E-state index in [-0.39, 0.29) is 5.19 Å². The highest BCUT2D eigenvalue weighted by Gasteiger charge is 2.16. The smallest absolute Gasteiger partial charge is 0.376 e. The topological polar surface area (TPSA) is 79.7 Å². The lowest BCUT2D eigenvalue weighted by molar-refractivity contribution is 0.283. The van der Waals surface area contributed by atoms with Gasteiger partial charge in [-0.15, -0.1) is 0 Å². The fourth-order valence-electron chi connectivity index (χ4n) is 0.357. The van der Waals surface area contributed by atoms with Crippen LogP contribution in [0, 0.1) is 0 Å². The number of phosphoric ester groups is 1. The minimum Gasteiger partial charge on any atom is -0.376 e. The number of hydrogen-bond donors (Lipinski definition) is 2. The molecule has 7 heteroatoms. The molecule has 0 fully saturated rings. The van der Waals surface area contributed by atoms with Crippen molar-refractivity contribution in [1.29, 1.82) is 0 Å². The molecule has 56 valence electrons. The molecule has 10 heavy (non-hydrogen) atoms. The van der Waals surface area contributed by atoms with Gasteiger partial charge in [-0.2, -0.15) is 0 Å². The molecule has 2 N–H and O–H groups in total. The Bertz CT molecular complexity index is 241. The quantitative estimate of drug-likeness (QED) is 0.653. The van der Waals surface area contributed by atoms with Crippen LogP contribution in [0.3, 0.4) is 0 Å². The van der Waals surface area contributed by atoms with Gasteiger partial charge in [0.2, 0.25) is 0 Å². The Kier molecular flexibility index (Phi) is 2.05. The molecule has 0 radical (unpaired) electrons. The predicted octanol–water partition coefficient (Wildman–Crippen LogP) is 0.615. The van der Waals surface area contributed by atoms with Crippen LogP contribution < -0.4 is 4.52 Å². The third-order valence-electron chi connectivity index (χ3n) is 0.607. The minimum absolute atomic E-state index is 0.0201. The van der Waals surface area contributed by atoms with Crippen molar-refractivity contribution in [2.45, 2.75) is 0 Å². The van der Waals surface area contributed by atoms with Gasteiger partial charge >= 0.3 is 7.82 Å². The summed E-state index contributed by atoms with van der Waals surface area (Å²) in [4.78, 5) is 20.0. The van der Waals surface area contributed by atoms with Gasteiger partial charge in [-0.3, -0.25) is 9.79 Å². The average Bonchev–Trinajstić information content (AvgIpc) is 2.12. The molecular weight excluding hydrogens is 177 g/mol. The largest absolute Gasteiger partial charge is 0.526 e. The van der Waals surface area contributed by atoms with Crippen molar-refractivity contribution in [1.82, 2.24) is 4.98 Å². The fraction of sp³-hybridized carbons (Fsp3) is 0. The Morgan fingerprint density at radius 3 is 2.80 bits per heavy atom. The summed E-state index contributed by atoms with van der Waals surface area (Å²) in [6.45, 7) is 0. The first-order valence-corrected chi connectivity index (χ1v) is 4.63. The summed E-state index contributed by atoms with van der Waals surface area (Å²) < 4.78 is 14.3. The van der Waals surface area contributed by atoms with Gasteiger partial charge in [0.25, 0.3) is 5.19 Å². The van der Waals surface area contributed by atoms with E-state index in [0.29, 0.717) is 0 Å². The zero-order valence-electron chi connectivity index (χ0n) is 4.67. The van der Waals surface area contributed by atoms with Crippen LogP contribution in [0.15, 0.2) is 11.6 Å². The monoisotopic (exact) mass is 181 g/mol. The minimum atomic E-state index is -4.41. The number of phosphoric acid groups is 1. The van der Waals surface area contributed by atoms with Crippen LogP contribution in [0.2, 0.25) is 0 Å². The number of thiazole rings is 1. The first-order chi connectivity index (χ1) is 4.58. The molecule has 0 aliphatic rings. The van der Waals surface area contributed by atoms with Crippen molar-refractivity contribution in [2.24, 2.45) is 0 Å². The average molecular weight is 181 g/mol. The molecule has 0 atom stereocenters. The van der Waals surface area contributed by atoms with E-state index >= 15 is 0 Å². The van der Waals surface area contributed by atoms with Crippen LogP contribution in [0.1, 0.15) is 0 Å². The lowest BCUT2D eigenvalue weighted by Crippen LogP contribution is -1.88. The molecule has 1 aromatic heterocycles. The third kappa shape index (κ3) is 2.45. The number of aromatic nitrogens is 1. The van der Waals surface area contributed by atoms with Crippen LogP contribution in [0.5, 0.6) is 5.19 Å². The SMILES string of the molecule is O=P(O)(O)Oc1nccs1. The molecule has 5 nitrogen and oxygen atoms in total. The van der Waals surface area contributed by atoms with Gasteiger partial charge in [0.1, 0.15) is 0 Å². The highest BCUT2D eigenvalue weighted by atomic mass is 32.1. The zero-order valence-corrected chi connectivity index (χ0v) is 6.38. The Labute approximate surface area is 60.5 Å². The van der Waals surface area contributed by atoms with Crippen molar-refractivity contribution in [3.05, 3.63) is 11.6 Å². The second-order valence-electron chi connectivity index (χ2n) is 1.38. The van der Waals surface area contributed by atoms with E-state index in [1.54, 1.807) is 5.38 Å². The van der Waals surface area contributed by atoms with E-state index in [2.05, 4.69) is 9.51 Å². The fourth-order valence-corrected chi connectivity index (χ4v) is 1.43. The molecule has 0 aromatic carbocycles. The van der Waals surface area contributed by atoms with E-state index in [0.717, 1.165) is 11.3 Å². The lowest BCUT2D eigenvalue weighted by Gasteiger charge is -2.00. The molecule has 1 rings (SSSR count). The van der Waals surface area contributed by atoms with Gasteiger partial charge in [0, 0.05) is 11.6 Å². The molecule has 0 aliphatic carbocycles. The third-order valence-corrected chi connectivity index (χ3v) is 1.79. The van der Waals surface area contributed by atoms with Crippen LogP contribution in [-0.4, -0.2) is 14.8 Å². The Morgan fingerprint density at radius 2 is 2.40 bits per heavy atom. The highest BCUT2D eigenvalue weighted by Crippen LogP contribution is 2.37. The summed E-state index contributed by atoms with van der Waals surface area (Å²) >= 11 is 1.02. The molecule has 0 amide bonds. The maximum atomic E-state index is 10.1. The zero-order chi connectivity index (χ0) is 7.61. The van der Waals surface area contributed by atoms with Crippen LogP contribution in [0.25, 0.3) is 0 Å². The number of nitrogens with zero attached hydrogens (tertiary/aromatic N) is 1. The molecular formula is C3H4NO4PS. The summed E-state index contributed by atoms with van der Waals surface area (Å²) in [5.74, 6) is 0. The van der Waals surface area contributed by atoms with Crippen LogP contribution >= 0.6 is 19.2 Å². The lowest BCUT2D eigenvalue weighted by atomic mass is 11.0. The summed E-state index contributed by atoms with van der Waals surface area (Å²) in [5.41, 5.74) is 0. The summed E-state index contributed by atoms with van der Waals surface area (Å²) in [5, 5.41) is 1.54. The van der Waals surface area contributed by atoms with Crippen molar-refractivity contribution in [3.63, 3.8) is 0 Å². The van der Waals surface area contributed by atoms with Crippen molar-refractivity contribution in [3.8, 4) is 5.19 Å². The summed E-state index contributed by atoms with van der Waals surface area (Å²) in [6, 6.07) is 0. The van der Waals surface area contributed by atoms with Crippen molar-refractivity contribution in [2.75, 3.05) is 0 Å². The molecule has 0 saturated heterocycles. The maximum absolute atomic E-state index is 10.1. The Hall–Kier alpha value is -0.420. The molecule has 0 bridgehead atoms. The summed E-state index contributed by atoms with van der Waals surface area (Å²) in [6.07, 6.45) is 1.40. The van der Waals surface area contributed by atoms with Gasteiger partial charge in [-0.1, -0.05) is 11.3 Å². The first kappa shape index (κ1) is 7.68. The molecule has 0 saturated carbocycles. The second kappa shape index (κ2) is 2.67. The predicted molar refractivity (Wildman–Crippen MR) is 34.8 cm³/mol. The van der Waals surface area contributed by atoms with E-state index in [1.807, 2.05) is 0 Å². The van der Waals surface area contributed by atoms with Gasteiger partial charge in [-0.05, 0) is 0 Å². The van der Waals surface area contributed by atoms with E-state index in [1.165, 1.54) is 6.20 Å². The van der Waals surface area contributed by atoms with E-state index in [4.69, 9.17) is 9.79 Å². The molecule has 1 aromatic rings. The van der Waals surface area contributed by atoms with Gasteiger partial charge in [-0.25, -0.2) is 9.55 Å². The van der Waals surface area contributed by atoms with E-state index in [9.17, 15) is 4.57 Å². The molecule has 0 spiro atoms. The molecule has 0 unspecified atom stereocenters. The molecule has 0 aliphatic heterocycles. The molecule has 1 heterocycles. The number of rotatable bonds is 2. The van der Waals surface area contributed by atoms with Crippen molar-refractivity contribution >= 4 is 19.2 Å². The highest BCUT2D eigenvalue weighted by molar-refractivity contribution is 7.47. The number of hydrogen-bond acceptors (Lipinski definition) is 4. The first-order valence-electron chi connectivity index (χ1n) is 2.22.